The average molecular weight is 477 g/mol. The first-order chi connectivity index (χ1) is 15.4. The molecule has 0 aromatic carbocycles. The van der Waals surface area contributed by atoms with E-state index >= 15 is 4.11 Å². The zero-order chi connectivity index (χ0) is 24.0. The fourth-order valence-corrected chi connectivity index (χ4v) is 6.09. The van der Waals surface area contributed by atoms with Crippen LogP contribution in [0.15, 0.2) is 0 Å². The number of hydrogen-bond acceptors (Lipinski definition) is 3. The van der Waals surface area contributed by atoms with Crippen LogP contribution in [-0.4, -0.2) is 28.0 Å². The summed E-state index contributed by atoms with van der Waals surface area (Å²) in [5.74, 6) is 0. The van der Waals surface area contributed by atoms with E-state index in [2.05, 4.69) is 20.8 Å². The Kier molecular flexibility index (Phi) is 21.6. The maximum absolute atomic E-state index is 15.3. The minimum absolute atomic E-state index is 0.286. The van der Waals surface area contributed by atoms with Gasteiger partial charge in [-0.25, -0.2) is 4.11 Å². The fraction of sp³-hybridized carbons (Fsp3) is 1.00. The molecule has 1 unspecified atom stereocenters. The van der Waals surface area contributed by atoms with Crippen LogP contribution in [-0.2, 0) is 13.3 Å². The Morgan fingerprint density at radius 1 is 0.531 bits per heavy atom. The van der Waals surface area contributed by atoms with Crippen molar-refractivity contribution < 1.29 is 17.4 Å². The van der Waals surface area contributed by atoms with Crippen LogP contribution in [0.4, 0.5) is 4.11 Å². The summed E-state index contributed by atoms with van der Waals surface area (Å²) in [6.07, 6.45) is 23.7. The van der Waals surface area contributed by atoms with Gasteiger partial charge in [-0.3, -0.25) is 0 Å². The highest BCUT2D eigenvalue weighted by Crippen LogP contribution is 2.31. The fourth-order valence-electron chi connectivity index (χ4n) is 4.41. The van der Waals surface area contributed by atoms with Gasteiger partial charge < -0.3 is 13.3 Å². The van der Waals surface area contributed by atoms with Crippen molar-refractivity contribution in [1.82, 2.24) is 0 Å². The van der Waals surface area contributed by atoms with Crippen LogP contribution < -0.4 is 0 Å². The zero-order valence-corrected chi connectivity index (χ0v) is 23.5. The van der Waals surface area contributed by atoms with Gasteiger partial charge in [-0.1, -0.05) is 123 Å². The summed E-state index contributed by atoms with van der Waals surface area (Å²) < 4.78 is 32.0. The zero-order valence-electron chi connectivity index (χ0n) is 22.5. The highest BCUT2D eigenvalue weighted by atomic mass is 28.4. The molecule has 0 saturated heterocycles. The molecule has 1 atom stereocenters. The number of halogens is 1. The molecule has 0 saturated carbocycles. The molecule has 0 heterocycles. The minimum atomic E-state index is -4.07. The van der Waals surface area contributed by atoms with E-state index in [0.29, 0.717) is 0 Å². The lowest BCUT2D eigenvalue weighted by molar-refractivity contribution is -0.0574. The van der Waals surface area contributed by atoms with Crippen LogP contribution in [0.5, 0.6) is 0 Å². The van der Waals surface area contributed by atoms with Crippen LogP contribution in [0.2, 0.25) is 0 Å². The molecular weight excluding hydrogens is 419 g/mol. The van der Waals surface area contributed by atoms with Crippen molar-refractivity contribution in [2.75, 3.05) is 13.2 Å². The summed E-state index contributed by atoms with van der Waals surface area (Å²) >= 11 is 0. The van der Waals surface area contributed by atoms with Crippen LogP contribution in [0.3, 0.4) is 0 Å². The Bertz CT molecular complexity index is 391. The standard InChI is InChI=1S/C27H57FO3Si/c1-6-10-12-14-16-17-18-19-20-22-24-26-27(5,25-23-21-15-13-11-7-2)31-32(28,29-8-3)30-9-4/h6-26H2,1-5H3. The lowest BCUT2D eigenvalue weighted by atomic mass is 9.91. The van der Waals surface area contributed by atoms with Crippen LogP contribution in [0.1, 0.15) is 157 Å². The third-order valence-corrected chi connectivity index (χ3v) is 8.37. The predicted octanol–water partition coefficient (Wildman–Crippen LogP) is 9.69. The molecule has 0 N–H and O–H groups in total. The lowest BCUT2D eigenvalue weighted by Gasteiger charge is -2.35. The first-order valence-corrected chi connectivity index (χ1v) is 15.7. The Labute approximate surface area is 202 Å². The Morgan fingerprint density at radius 3 is 1.16 bits per heavy atom. The monoisotopic (exact) mass is 476 g/mol. The molecule has 0 aromatic heterocycles. The van der Waals surface area contributed by atoms with Crippen molar-refractivity contribution in [3.8, 4) is 0 Å². The van der Waals surface area contributed by atoms with Crippen molar-refractivity contribution in [1.29, 1.82) is 0 Å². The molecule has 0 aliphatic carbocycles. The van der Waals surface area contributed by atoms with Crippen molar-refractivity contribution in [3.05, 3.63) is 0 Å². The molecule has 5 heteroatoms. The van der Waals surface area contributed by atoms with E-state index in [1.807, 2.05) is 0 Å². The van der Waals surface area contributed by atoms with Gasteiger partial charge in [0, 0.05) is 13.2 Å². The third kappa shape index (κ3) is 18.5. The highest BCUT2D eigenvalue weighted by molar-refractivity contribution is 6.52. The summed E-state index contributed by atoms with van der Waals surface area (Å²) in [5, 5.41) is 0. The van der Waals surface area contributed by atoms with E-state index in [4.69, 9.17) is 13.3 Å². The second kappa shape index (κ2) is 21.6. The van der Waals surface area contributed by atoms with Crippen molar-refractivity contribution in [2.24, 2.45) is 0 Å². The lowest BCUT2D eigenvalue weighted by Crippen LogP contribution is -2.49. The number of hydrogen-bond donors (Lipinski definition) is 0. The molecule has 0 rings (SSSR count). The SMILES string of the molecule is CCCCCCCCCCCCCC(C)(CCCCCCCC)O[Si](F)(OCC)OCC. The van der Waals surface area contributed by atoms with Crippen LogP contribution in [0, 0.1) is 0 Å². The largest absolute Gasteiger partial charge is 0.720 e. The first-order valence-electron chi connectivity index (χ1n) is 14.1. The van der Waals surface area contributed by atoms with Gasteiger partial charge in [-0.2, -0.15) is 0 Å². The van der Waals surface area contributed by atoms with Crippen LogP contribution >= 0.6 is 0 Å². The summed E-state index contributed by atoms with van der Waals surface area (Å²) in [7, 11) is -4.07. The maximum atomic E-state index is 15.3. The van der Waals surface area contributed by atoms with Gasteiger partial charge in [0.2, 0.25) is 0 Å². The molecule has 0 spiro atoms. The maximum Gasteiger partial charge on any atom is 0.720 e. The van der Waals surface area contributed by atoms with Gasteiger partial charge in [0.15, 0.2) is 0 Å². The number of unbranched alkanes of at least 4 members (excludes halogenated alkanes) is 15. The molecule has 0 aromatic rings. The molecule has 3 nitrogen and oxygen atoms in total. The highest BCUT2D eigenvalue weighted by Gasteiger charge is 2.49. The molecule has 0 aliphatic heterocycles. The molecule has 0 bridgehead atoms. The van der Waals surface area contributed by atoms with Gasteiger partial charge in [-0.15, -0.1) is 0 Å². The summed E-state index contributed by atoms with van der Waals surface area (Å²) in [6.45, 7) is 10.8. The molecule has 194 valence electrons. The van der Waals surface area contributed by atoms with Gasteiger partial charge >= 0.3 is 9.14 Å². The molecule has 0 aliphatic rings. The normalized spacial score (nSPS) is 14.1. The van der Waals surface area contributed by atoms with E-state index in [0.717, 1.165) is 25.7 Å². The van der Waals surface area contributed by atoms with Gasteiger partial charge in [0.25, 0.3) is 0 Å². The van der Waals surface area contributed by atoms with Gasteiger partial charge in [-0.05, 0) is 33.6 Å². The first kappa shape index (κ1) is 32.0. The Balaban J connectivity index is 4.36. The van der Waals surface area contributed by atoms with Gasteiger partial charge in [0.1, 0.15) is 0 Å². The second-order valence-electron chi connectivity index (χ2n) is 9.70. The van der Waals surface area contributed by atoms with Crippen LogP contribution in [0.25, 0.3) is 0 Å². The molecule has 0 radical (unpaired) electrons. The summed E-state index contributed by atoms with van der Waals surface area (Å²) in [6, 6.07) is 0. The van der Waals surface area contributed by atoms with E-state index < -0.39 is 14.7 Å². The number of rotatable bonds is 25. The van der Waals surface area contributed by atoms with Crippen molar-refractivity contribution >= 4 is 9.14 Å². The van der Waals surface area contributed by atoms with E-state index in [1.54, 1.807) is 13.8 Å². The Hall–Kier alpha value is 0.0269. The molecule has 0 fully saturated rings. The van der Waals surface area contributed by atoms with E-state index in [1.165, 1.54) is 96.3 Å². The van der Waals surface area contributed by atoms with Crippen molar-refractivity contribution in [2.45, 2.75) is 162 Å². The predicted molar refractivity (Wildman–Crippen MR) is 139 cm³/mol. The molecule has 0 amide bonds. The second-order valence-corrected chi connectivity index (χ2v) is 11.4. The third-order valence-electron chi connectivity index (χ3n) is 6.37. The topological polar surface area (TPSA) is 27.7 Å². The summed E-state index contributed by atoms with van der Waals surface area (Å²) in [5.41, 5.74) is -0.491. The van der Waals surface area contributed by atoms with E-state index in [-0.39, 0.29) is 13.2 Å². The molecule has 32 heavy (non-hydrogen) atoms. The molecular formula is C27H57FO3Si. The van der Waals surface area contributed by atoms with Gasteiger partial charge in [0.05, 0.1) is 5.60 Å². The smallest absolute Gasteiger partial charge is 0.348 e. The van der Waals surface area contributed by atoms with E-state index in [9.17, 15) is 0 Å². The quantitative estimate of drug-likeness (QED) is 0.0745. The summed E-state index contributed by atoms with van der Waals surface area (Å²) in [4.78, 5) is 0. The average Bonchev–Trinajstić information content (AvgIpc) is 2.74. The minimum Gasteiger partial charge on any atom is -0.348 e. The van der Waals surface area contributed by atoms with Crippen molar-refractivity contribution in [3.63, 3.8) is 0 Å². The Morgan fingerprint density at radius 2 is 0.844 bits per heavy atom.